The van der Waals surface area contributed by atoms with Crippen LogP contribution in [0.15, 0.2) is 6.07 Å². The number of halogens is 3. The number of sulfonamides is 1. The molecule has 0 saturated heterocycles. The Morgan fingerprint density at radius 1 is 1.35 bits per heavy atom. The maximum absolute atomic E-state index is 12.6. The average Bonchev–Trinajstić information content (AvgIpc) is 2.37. The summed E-state index contributed by atoms with van der Waals surface area (Å²) in [6.45, 7) is -0.124. The zero-order valence-corrected chi connectivity index (χ0v) is 11.1. The largest absolute Gasteiger partial charge is 0.433 e. The third-order valence-electron chi connectivity index (χ3n) is 2.13. The van der Waals surface area contributed by atoms with Crippen molar-refractivity contribution in [2.75, 3.05) is 30.1 Å². The fraction of sp³-hybridized carbons (Fsp3) is 0.500. The number of alkyl halides is 3. The first-order chi connectivity index (χ1) is 9.18. The highest BCUT2D eigenvalue weighted by Crippen LogP contribution is 2.29. The molecule has 1 aromatic heterocycles. The van der Waals surface area contributed by atoms with Crippen molar-refractivity contribution >= 4 is 21.8 Å². The fourth-order valence-electron chi connectivity index (χ4n) is 1.16. The number of aromatic nitrogens is 2. The first kappa shape index (κ1) is 16.4. The number of hydrazine groups is 1. The number of nitrogens with zero attached hydrogens (tertiary/aromatic N) is 2. The highest BCUT2D eigenvalue weighted by molar-refractivity contribution is 7.89. The van der Waals surface area contributed by atoms with Gasteiger partial charge in [0.05, 0.1) is 5.75 Å². The van der Waals surface area contributed by atoms with Crippen LogP contribution in [0.4, 0.5) is 24.9 Å². The highest BCUT2D eigenvalue weighted by Gasteiger charge is 2.33. The minimum atomic E-state index is -4.66. The summed E-state index contributed by atoms with van der Waals surface area (Å²) < 4.78 is 62.0. The Labute approximate surface area is 113 Å². The molecule has 12 heteroatoms. The molecule has 0 aromatic carbocycles. The van der Waals surface area contributed by atoms with Gasteiger partial charge in [-0.25, -0.2) is 24.0 Å². The van der Waals surface area contributed by atoms with E-state index in [9.17, 15) is 21.6 Å². The number of hydrogen-bond acceptors (Lipinski definition) is 7. The topological polar surface area (TPSA) is 122 Å². The van der Waals surface area contributed by atoms with Crippen molar-refractivity contribution in [3.63, 3.8) is 0 Å². The molecule has 0 saturated carbocycles. The molecule has 1 aromatic rings. The number of rotatable bonds is 6. The smallest absolute Gasteiger partial charge is 0.369 e. The van der Waals surface area contributed by atoms with Crippen molar-refractivity contribution in [1.82, 2.24) is 14.7 Å². The van der Waals surface area contributed by atoms with Gasteiger partial charge in [0.2, 0.25) is 16.0 Å². The molecule has 0 radical (unpaired) electrons. The van der Waals surface area contributed by atoms with E-state index in [1.165, 1.54) is 7.05 Å². The van der Waals surface area contributed by atoms with Crippen LogP contribution in [0.3, 0.4) is 0 Å². The van der Waals surface area contributed by atoms with E-state index >= 15 is 0 Å². The number of nitrogens with one attached hydrogen (secondary N) is 3. The standard InChI is InChI=1S/C8H13F3N6O2S/c1-13-20(18,19)3-2-14-6-4-5(8(9,10)11)15-7(16-6)17-12/h4,13H,2-3,12H2,1H3,(H2,14,15,16,17). The van der Waals surface area contributed by atoms with Gasteiger partial charge in [-0.2, -0.15) is 18.2 Å². The van der Waals surface area contributed by atoms with Crippen LogP contribution in [0.1, 0.15) is 5.69 Å². The lowest BCUT2D eigenvalue weighted by Gasteiger charge is -2.11. The third-order valence-corrected chi connectivity index (χ3v) is 3.50. The van der Waals surface area contributed by atoms with E-state index in [1.807, 2.05) is 5.43 Å². The summed E-state index contributed by atoms with van der Waals surface area (Å²) in [5.74, 6) is 4.04. The maximum Gasteiger partial charge on any atom is 0.433 e. The molecule has 0 aliphatic rings. The quantitative estimate of drug-likeness (QED) is 0.421. The molecule has 20 heavy (non-hydrogen) atoms. The summed E-state index contributed by atoms with van der Waals surface area (Å²) in [5, 5.41) is 2.46. The fourth-order valence-corrected chi connectivity index (χ4v) is 1.74. The monoisotopic (exact) mass is 314 g/mol. The summed E-state index contributed by atoms with van der Waals surface area (Å²) >= 11 is 0. The van der Waals surface area contributed by atoms with Crippen molar-refractivity contribution in [1.29, 1.82) is 0 Å². The van der Waals surface area contributed by atoms with E-state index in [1.54, 1.807) is 0 Å². The van der Waals surface area contributed by atoms with E-state index in [0.29, 0.717) is 6.07 Å². The molecule has 5 N–H and O–H groups in total. The number of anilines is 2. The van der Waals surface area contributed by atoms with Crippen LogP contribution >= 0.6 is 0 Å². The van der Waals surface area contributed by atoms with Crippen LogP contribution < -0.4 is 21.3 Å². The number of hydrogen-bond donors (Lipinski definition) is 4. The van der Waals surface area contributed by atoms with Gasteiger partial charge < -0.3 is 5.32 Å². The zero-order chi connectivity index (χ0) is 15.4. The molecule has 0 bridgehead atoms. The summed E-state index contributed by atoms with van der Waals surface area (Å²) in [6, 6.07) is 0.660. The van der Waals surface area contributed by atoms with Gasteiger partial charge in [-0.15, -0.1) is 0 Å². The molecule has 0 aliphatic heterocycles. The second-order valence-electron chi connectivity index (χ2n) is 3.55. The summed E-state index contributed by atoms with van der Waals surface area (Å²) in [5.41, 5.74) is 0.710. The van der Waals surface area contributed by atoms with E-state index in [4.69, 9.17) is 5.84 Å². The minimum absolute atomic E-state index is 0.124. The van der Waals surface area contributed by atoms with Crippen molar-refractivity contribution in [2.45, 2.75) is 6.18 Å². The molecule has 0 spiro atoms. The third kappa shape index (κ3) is 4.79. The second-order valence-corrected chi connectivity index (χ2v) is 5.60. The number of nitrogen functional groups attached to an aromatic ring is 1. The maximum atomic E-state index is 12.6. The summed E-state index contributed by atoms with van der Waals surface area (Å²) in [6.07, 6.45) is -4.66. The normalized spacial score (nSPS) is 12.2. The Balaban J connectivity index is 2.85. The van der Waals surface area contributed by atoms with Crippen molar-refractivity contribution < 1.29 is 21.6 Å². The van der Waals surface area contributed by atoms with Gasteiger partial charge in [-0.1, -0.05) is 0 Å². The summed E-state index contributed by atoms with van der Waals surface area (Å²) in [7, 11) is -2.23. The lowest BCUT2D eigenvalue weighted by atomic mass is 10.4. The molecule has 0 unspecified atom stereocenters. The zero-order valence-electron chi connectivity index (χ0n) is 10.3. The molecule has 0 atom stereocenters. The molecule has 0 aliphatic carbocycles. The predicted octanol–water partition coefficient (Wildman–Crippen LogP) is -0.258. The van der Waals surface area contributed by atoms with E-state index < -0.39 is 27.8 Å². The number of nitrogens with two attached hydrogens (primary N) is 1. The van der Waals surface area contributed by atoms with Crippen molar-refractivity contribution in [3.05, 3.63) is 11.8 Å². The Hall–Kier alpha value is -1.66. The van der Waals surface area contributed by atoms with Gasteiger partial charge >= 0.3 is 6.18 Å². The molecule has 1 heterocycles. The van der Waals surface area contributed by atoms with Crippen LogP contribution in [-0.2, 0) is 16.2 Å². The SMILES string of the molecule is CNS(=O)(=O)CCNc1cc(C(F)(F)F)nc(NN)n1. The van der Waals surface area contributed by atoms with Crippen LogP contribution in [0.5, 0.6) is 0 Å². The van der Waals surface area contributed by atoms with Gasteiger partial charge in [-0.3, -0.25) is 5.43 Å². The lowest BCUT2D eigenvalue weighted by molar-refractivity contribution is -0.141. The molecule has 0 fully saturated rings. The molecular formula is C8H13F3N6O2S. The Kier molecular flexibility index (Phi) is 5.08. The lowest BCUT2D eigenvalue weighted by Crippen LogP contribution is -2.26. The van der Waals surface area contributed by atoms with Crippen LogP contribution in [0.25, 0.3) is 0 Å². The van der Waals surface area contributed by atoms with E-state index in [-0.39, 0.29) is 18.1 Å². The van der Waals surface area contributed by atoms with Gasteiger partial charge in [0.1, 0.15) is 5.82 Å². The molecular weight excluding hydrogens is 301 g/mol. The Morgan fingerprint density at radius 3 is 2.50 bits per heavy atom. The molecule has 8 nitrogen and oxygen atoms in total. The van der Waals surface area contributed by atoms with E-state index in [2.05, 4.69) is 20.0 Å². The second kappa shape index (κ2) is 6.19. The van der Waals surface area contributed by atoms with Crippen LogP contribution in [0.2, 0.25) is 0 Å². The highest BCUT2D eigenvalue weighted by atomic mass is 32.2. The van der Waals surface area contributed by atoms with Crippen LogP contribution in [-0.4, -0.2) is 37.7 Å². The van der Waals surface area contributed by atoms with Gasteiger partial charge in [0.15, 0.2) is 5.69 Å². The predicted molar refractivity (Wildman–Crippen MR) is 66.2 cm³/mol. The molecule has 0 amide bonds. The van der Waals surface area contributed by atoms with Gasteiger partial charge in [0, 0.05) is 12.6 Å². The average molecular weight is 314 g/mol. The van der Waals surface area contributed by atoms with Gasteiger partial charge in [0.25, 0.3) is 0 Å². The summed E-state index contributed by atoms with van der Waals surface area (Å²) in [4.78, 5) is 6.79. The van der Waals surface area contributed by atoms with Crippen molar-refractivity contribution in [3.8, 4) is 0 Å². The first-order valence-electron chi connectivity index (χ1n) is 5.26. The minimum Gasteiger partial charge on any atom is -0.369 e. The molecule has 1 rings (SSSR count). The molecule has 114 valence electrons. The Bertz CT molecular complexity index is 562. The van der Waals surface area contributed by atoms with E-state index in [0.717, 1.165) is 0 Å². The first-order valence-corrected chi connectivity index (χ1v) is 6.91. The Morgan fingerprint density at radius 2 is 2.00 bits per heavy atom. The van der Waals surface area contributed by atoms with Crippen LogP contribution in [0, 0.1) is 0 Å². The van der Waals surface area contributed by atoms with Gasteiger partial charge in [-0.05, 0) is 7.05 Å². The van der Waals surface area contributed by atoms with Crippen molar-refractivity contribution in [2.24, 2.45) is 5.84 Å².